The number of aromatic hydroxyl groups is 1. The van der Waals surface area contributed by atoms with Gasteiger partial charge in [-0.25, -0.2) is 0 Å². The maximum atomic E-state index is 13.9. The van der Waals surface area contributed by atoms with Crippen molar-refractivity contribution in [2.45, 2.75) is 62.3 Å². The number of primary amides is 1. The molecule has 6 rings (SSSR count). The average Bonchev–Trinajstić information content (AvgIpc) is 3.78. The summed E-state index contributed by atoms with van der Waals surface area (Å²) in [6.45, 7) is 0.449. The number of carbonyl (C=O) groups is 5. The van der Waals surface area contributed by atoms with E-state index in [9.17, 15) is 34.2 Å². The molecular formula is C29H35N3O8. The van der Waals surface area contributed by atoms with Gasteiger partial charge in [-0.3, -0.25) is 28.9 Å². The Hall–Kier alpha value is -3.15. The standard InChI is InChI=1S/C29H35N3O8/c1-32(2)21-16-9-12-8-15-19(17(33)10-13(24(15)40-3)11-31-28(6-7-28)14-4-5-14)22(34)18(12)25(36)29(16,39)26(37)20(23(21)35)27(30)38/h10,12,14,16,18,20-21,31,33,39H,4-9,11H2,1-3H3,(H2,30,38)/t12-,16-,18?,20?,21-,29-/m0/s1. The van der Waals surface area contributed by atoms with Crippen molar-refractivity contribution in [2.24, 2.45) is 35.3 Å². The van der Waals surface area contributed by atoms with Crippen LogP contribution in [-0.4, -0.2) is 82.5 Å². The number of nitrogens with two attached hydrogens (primary N) is 1. The summed E-state index contributed by atoms with van der Waals surface area (Å²) in [6.07, 6.45) is 4.79. The van der Waals surface area contributed by atoms with Crippen LogP contribution >= 0.6 is 0 Å². The lowest BCUT2D eigenvalue weighted by Gasteiger charge is -2.52. The predicted octanol–water partition coefficient (Wildman–Crippen LogP) is -0.0922. The molecule has 11 heteroatoms. The molecule has 0 heterocycles. The van der Waals surface area contributed by atoms with Gasteiger partial charge in [0.2, 0.25) is 5.91 Å². The second-order valence-electron chi connectivity index (χ2n) is 12.5. The lowest BCUT2D eigenvalue weighted by Crippen LogP contribution is -2.74. The SMILES string of the molecule is COc1c(CNC2(C3CC3)CC2)cc(O)c2c1C[C@H]1C[C@H]3[C@H](N(C)C)C(=O)C(C(N)=O)C(=O)[C@@]3(O)C(=O)C1C2=O. The number of benzene rings is 1. The number of fused-ring (bicyclic) bond motifs is 3. The van der Waals surface area contributed by atoms with Crippen LogP contribution in [-0.2, 0) is 32.1 Å². The number of ether oxygens (including phenoxy) is 1. The highest BCUT2D eigenvalue weighted by molar-refractivity contribution is 6.32. The molecule has 0 saturated heterocycles. The fourth-order valence-electron chi connectivity index (χ4n) is 7.87. The van der Waals surface area contributed by atoms with Crippen molar-refractivity contribution in [3.05, 3.63) is 22.8 Å². The van der Waals surface area contributed by atoms with Crippen molar-refractivity contribution in [1.82, 2.24) is 10.2 Å². The molecule has 1 amide bonds. The third-order valence-corrected chi connectivity index (χ3v) is 10.1. The Labute approximate surface area is 231 Å². The number of methoxy groups -OCH3 is 1. The van der Waals surface area contributed by atoms with Gasteiger partial charge in [-0.1, -0.05) is 0 Å². The molecule has 5 aliphatic carbocycles. The van der Waals surface area contributed by atoms with Gasteiger partial charge in [0.1, 0.15) is 11.5 Å². The Balaban J connectivity index is 1.39. The zero-order valence-electron chi connectivity index (χ0n) is 22.9. The molecule has 5 aliphatic rings. The third-order valence-electron chi connectivity index (χ3n) is 10.1. The molecule has 4 saturated carbocycles. The quantitative estimate of drug-likeness (QED) is 0.334. The number of nitrogens with one attached hydrogen (secondary N) is 1. The molecule has 214 valence electrons. The van der Waals surface area contributed by atoms with Gasteiger partial charge in [-0.2, -0.15) is 0 Å². The summed E-state index contributed by atoms with van der Waals surface area (Å²) in [6, 6.07) is 0.344. The fraction of sp³-hybridized carbons (Fsp3) is 0.621. The second-order valence-corrected chi connectivity index (χ2v) is 12.5. The van der Waals surface area contributed by atoms with E-state index in [-0.39, 0.29) is 29.7 Å². The predicted molar refractivity (Wildman–Crippen MR) is 139 cm³/mol. The molecule has 0 bridgehead atoms. The molecule has 11 nitrogen and oxygen atoms in total. The number of ketones is 4. The molecule has 0 radical (unpaired) electrons. The number of Topliss-reactive ketones (excluding diaryl/α,β-unsaturated/α-hetero) is 4. The number of hydrogen-bond donors (Lipinski definition) is 4. The zero-order chi connectivity index (χ0) is 28.9. The van der Waals surface area contributed by atoms with Crippen LogP contribution in [0.15, 0.2) is 6.07 Å². The van der Waals surface area contributed by atoms with E-state index in [1.807, 2.05) is 0 Å². The molecule has 40 heavy (non-hydrogen) atoms. The first kappa shape index (κ1) is 27.0. The van der Waals surface area contributed by atoms with Crippen LogP contribution in [0.1, 0.15) is 53.6 Å². The van der Waals surface area contributed by atoms with Crippen LogP contribution in [0.25, 0.3) is 0 Å². The van der Waals surface area contributed by atoms with Crippen molar-refractivity contribution < 1.29 is 38.9 Å². The Morgan fingerprint density at radius 2 is 1.85 bits per heavy atom. The highest BCUT2D eigenvalue weighted by Crippen LogP contribution is 2.55. The van der Waals surface area contributed by atoms with Gasteiger partial charge in [0.15, 0.2) is 34.7 Å². The Kier molecular flexibility index (Phi) is 6.03. The number of phenols is 1. The number of nitrogens with zero attached hydrogens (tertiary/aromatic N) is 1. The summed E-state index contributed by atoms with van der Waals surface area (Å²) in [5.74, 6) is -9.45. The minimum absolute atomic E-state index is 0.00107. The number of amides is 1. The average molecular weight is 554 g/mol. The summed E-state index contributed by atoms with van der Waals surface area (Å²) < 4.78 is 5.77. The number of likely N-dealkylation sites (N-methyl/N-ethyl adjacent to an activating group) is 1. The molecule has 4 fully saturated rings. The number of aliphatic hydroxyl groups is 1. The van der Waals surface area contributed by atoms with Crippen LogP contribution in [0.3, 0.4) is 0 Å². The van der Waals surface area contributed by atoms with Crippen LogP contribution in [0.4, 0.5) is 0 Å². The van der Waals surface area contributed by atoms with E-state index in [1.54, 1.807) is 14.1 Å². The van der Waals surface area contributed by atoms with Gasteiger partial charge in [0.25, 0.3) is 0 Å². The monoisotopic (exact) mass is 553 g/mol. The molecule has 6 atom stereocenters. The van der Waals surface area contributed by atoms with Crippen molar-refractivity contribution in [1.29, 1.82) is 0 Å². The lowest BCUT2D eigenvalue weighted by atomic mass is 9.52. The maximum Gasteiger partial charge on any atom is 0.235 e. The topological polar surface area (TPSA) is 176 Å². The molecule has 0 aromatic heterocycles. The number of rotatable bonds is 7. The van der Waals surface area contributed by atoms with Gasteiger partial charge in [-0.05, 0) is 70.5 Å². The largest absolute Gasteiger partial charge is 0.507 e. The van der Waals surface area contributed by atoms with E-state index in [0.717, 1.165) is 12.8 Å². The first-order chi connectivity index (χ1) is 18.9. The normalized spacial score (nSPS) is 34.3. The highest BCUT2D eigenvalue weighted by Gasteiger charge is 2.69. The van der Waals surface area contributed by atoms with Gasteiger partial charge >= 0.3 is 0 Å². The van der Waals surface area contributed by atoms with E-state index in [4.69, 9.17) is 10.5 Å². The molecule has 1 aromatic carbocycles. The highest BCUT2D eigenvalue weighted by atomic mass is 16.5. The smallest absolute Gasteiger partial charge is 0.235 e. The Bertz CT molecular complexity index is 1360. The third kappa shape index (κ3) is 3.63. The van der Waals surface area contributed by atoms with Crippen LogP contribution < -0.4 is 15.8 Å². The molecule has 0 spiro atoms. The Morgan fingerprint density at radius 1 is 1.18 bits per heavy atom. The summed E-state index contributed by atoms with van der Waals surface area (Å²) >= 11 is 0. The molecule has 5 N–H and O–H groups in total. The van der Waals surface area contributed by atoms with Gasteiger partial charge in [0.05, 0.1) is 24.6 Å². The summed E-state index contributed by atoms with van der Waals surface area (Å²) in [5, 5.41) is 26.3. The minimum Gasteiger partial charge on any atom is -0.507 e. The first-order valence-corrected chi connectivity index (χ1v) is 13.9. The molecule has 0 aliphatic heterocycles. The van der Waals surface area contributed by atoms with Crippen molar-refractivity contribution >= 4 is 29.0 Å². The van der Waals surface area contributed by atoms with E-state index in [1.165, 1.54) is 30.9 Å². The van der Waals surface area contributed by atoms with E-state index < -0.39 is 64.4 Å². The fourth-order valence-corrected chi connectivity index (χ4v) is 7.87. The molecule has 1 aromatic rings. The van der Waals surface area contributed by atoms with E-state index in [0.29, 0.717) is 29.3 Å². The van der Waals surface area contributed by atoms with Gasteiger partial charge < -0.3 is 26.0 Å². The van der Waals surface area contributed by atoms with Crippen molar-refractivity contribution in [3.8, 4) is 11.5 Å². The first-order valence-electron chi connectivity index (χ1n) is 13.9. The van der Waals surface area contributed by atoms with Gasteiger partial charge in [0, 0.05) is 29.1 Å². The molecular weight excluding hydrogens is 518 g/mol. The van der Waals surface area contributed by atoms with Crippen molar-refractivity contribution in [2.75, 3.05) is 21.2 Å². The van der Waals surface area contributed by atoms with E-state index >= 15 is 0 Å². The number of hydrogen-bond acceptors (Lipinski definition) is 10. The Morgan fingerprint density at radius 3 is 2.40 bits per heavy atom. The van der Waals surface area contributed by atoms with Crippen LogP contribution in [0.5, 0.6) is 11.5 Å². The van der Waals surface area contributed by atoms with Crippen molar-refractivity contribution in [3.63, 3.8) is 0 Å². The summed E-state index contributed by atoms with van der Waals surface area (Å²) in [5.41, 5.74) is 3.87. The van der Waals surface area contributed by atoms with Crippen LogP contribution in [0.2, 0.25) is 0 Å². The van der Waals surface area contributed by atoms with E-state index in [2.05, 4.69) is 5.32 Å². The zero-order valence-corrected chi connectivity index (χ0v) is 22.9. The number of phenolic OH excluding ortho intramolecular Hbond substituents is 1. The van der Waals surface area contributed by atoms with Crippen LogP contribution in [0, 0.1) is 29.6 Å². The maximum absolute atomic E-state index is 13.9. The summed E-state index contributed by atoms with van der Waals surface area (Å²) in [7, 11) is 4.61. The number of carbonyl (C=O) groups excluding carboxylic acids is 5. The lowest BCUT2D eigenvalue weighted by molar-refractivity contribution is -0.181. The molecule has 2 unspecified atom stereocenters. The summed E-state index contributed by atoms with van der Waals surface area (Å²) in [4.78, 5) is 67.9. The minimum atomic E-state index is -2.73. The second kappa shape index (κ2) is 8.92. The van der Waals surface area contributed by atoms with Gasteiger partial charge in [-0.15, -0.1) is 0 Å².